The second-order valence-corrected chi connectivity index (χ2v) is 5.25. The van der Waals surface area contributed by atoms with Crippen molar-refractivity contribution in [3.63, 3.8) is 0 Å². The number of nitrogens with one attached hydrogen (secondary N) is 2. The van der Waals surface area contributed by atoms with E-state index in [4.69, 9.17) is 11.6 Å². The summed E-state index contributed by atoms with van der Waals surface area (Å²) in [5, 5.41) is 7.04. The molecule has 0 bridgehead atoms. The van der Waals surface area contributed by atoms with Crippen LogP contribution in [0.2, 0.25) is 5.02 Å². The molecule has 5 heteroatoms. The molecule has 2 rings (SSSR count). The Balaban J connectivity index is 0.00000180. The lowest BCUT2D eigenvalue weighted by molar-refractivity contribution is -0.126. The molecular formula is C14H20Cl2N2O. The minimum Gasteiger partial charge on any atom is -0.349 e. The summed E-state index contributed by atoms with van der Waals surface area (Å²) in [4.78, 5) is 12.1. The van der Waals surface area contributed by atoms with Gasteiger partial charge in [-0.2, -0.15) is 0 Å². The van der Waals surface area contributed by atoms with E-state index in [0.717, 1.165) is 31.5 Å². The average Bonchev–Trinajstić information content (AvgIpc) is 2.39. The molecule has 1 aliphatic rings. The Morgan fingerprint density at radius 3 is 2.74 bits per heavy atom. The molecule has 1 amide bonds. The fourth-order valence-electron chi connectivity index (χ4n) is 2.27. The maximum atomic E-state index is 12.1. The van der Waals surface area contributed by atoms with Gasteiger partial charge in [-0.15, -0.1) is 12.4 Å². The third kappa shape index (κ3) is 4.68. The maximum Gasteiger partial charge on any atom is 0.223 e. The maximum absolute atomic E-state index is 12.1. The summed E-state index contributed by atoms with van der Waals surface area (Å²) in [6, 6.07) is 7.64. The van der Waals surface area contributed by atoms with Crippen LogP contribution in [0.25, 0.3) is 0 Å². The Morgan fingerprint density at radius 1 is 1.42 bits per heavy atom. The molecule has 0 saturated carbocycles. The lowest BCUT2D eigenvalue weighted by atomic mass is 9.96. The van der Waals surface area contributed by atoms with E-state index in [2.05, 4.69) is 10.6 Å². The molecule has 1 saturated heterocycles. The third-order valence-corrected chi connectivity index (χ3v) is 3.65. The molecule has 19 heavy (non-hydrogen) atoms. The zero-order chi connectivity index (χ0) is 13.0. The smallest absolute Gasteiger partial charge is 0.223 e. The van der Waals surface area contributed by atoms with Crippen LogP contribution in [0.4, 0.5) is 0 Å². The molecule has 1 fully saturated rings. The number of carbonyl (C=O) groups excluding carboxylic acids is 1. The van der Waals surface area contributed by atoms with Gasteiger partial charge in [-0.05, 0) is 50.6 Å². The molecule has 0 aliphatic carbocycles. The lowest BCUT2D eigenvalue weighted by Gasteiger charge is -2.24. The number of rotatable bonds is 3. The van der Waals surface area contributed by atoms with E-state index in [-0.39, 0.29) is 30.3 Å². The first-order valence-corrected chi connectivity index (χ1v) is 6.81. The largest absolute Gasteiger partial charge is 0.349 e. The molecule has 0 unspecified atom stereocenters. The summed E-state index contributed by atoms with van der Waals surface area (Å²) in [7, 11) is 0. The summed E-state index contributed by atoms with van der Waals surface area (Å²) in [6.07, 6.45) is 1.85. The number of hydrogen-bond donors (Lipinski definition) is 2. The predicted octanol–water partition coefficient (Wildman–Crippen LogP) is 2.94. The van der Waals surface area contributed by atoms with E-state index in [1.165, 1.54) is 0 Å². The SMILES string of the molecule is C[C@@H](NC(=O)C1CCNCC1)c1cccc(Cl)c1.Cl. The number of benzene rings is 1. The summed E-state index contributed by atoms with van der Waals surface area (Å²) < 4.78 is 0. The van der Waals surface area contributed by atoms with Crippen LogP contribution in [0.15, 0.2) is 24.3 Å². The first kappa shape index (κ1) is 16.3. The minimum absolute atomic E-state index is 0. The van der Waals surface area contributed by atoms with Crippen molar-refractivity contribution in [1.82, 2.24) is 10.6 Å². The Morgan fingerprint density at radius 2 is 2.11 bits per heavy atom. The lowest BCUT2D eigenvalue weighted by Crippen LogP contribution is -2.39. The number of halogens is 2. The van der Waals surface area contributed by atoms with Gasteiger partial charge < -0.3 is 10.6 Å². The Labute approximate surface area is 125 Å². The summed E-state index contributed by atoms with van der Waals surface area (Å²) in [6.45, 7) is 3.86. The normalized spacial score (nSPS) is 17.4. The van der Waals surface area contributed by atoms with Crippen LogP contribution in [-0.2, 0) is 4.79 Å². The average molecular weight is 303 g/mol. The van der Waals surface area contributed by atoms with Crippen molar-refractivity contribution in [3.05, 3.63) is 34.9 Å². The highest BCUT2D eigenvalue weighted by atomic mass is 35.5. The molecule has 3 nitrogen and oxygen atoms in total. The van der Waals surface area contributed by atoms with Gasteiger partial charge >= 0.3 is 0 Å². The van der Waals surface area contributed by atoms with Crippen molar-refractivity contribution in [2.24, 2.45) is 5.92 Å². The van der Waals surface area contributed by atoms with Gasteiger partial charge in [0.25, 0.3) is 0 Å². The molecule has 0 radical (unpaired) electrons. The third-order valence-electron chi connectivity index (χ3n) is 3.42. The van der Waals surface area contributed by atoms with Gasteiger partial charge in [0.1, 0.15) is 0 Å². The highest BCUT2D eigenvalue weighted by Crippen LogP contribution is 2.19. The second kappa shape index (κ2) is 7.73. The van der Waals surface area contributed by atoms with Crippen LogP contribution in [0, 0.1) is 5.92 Å². The second-order valence-electron chi connectivity index (χ2n) is 4.81. The number of amides is 1. The van der Waals surface area contributed by atoms with E-state index in [0.29, 0.717) is 5.02 Å². The molecule has 1 aromatic carbocycles. The molecule has 1 aliphatic heterocycles. The van der Waals surface area contributed by atoms with Gasteiger partial charge in [-0.3, -0.25) is 4.79 Å². The molecule has 1 aromatic rings. The van der Waals surface area contributed by atoms with E-state index in [1.54, 1.807) is 0 Å². The van der Waals surface area contributed by atoms with E-state index in [1.807, 2.05) is 31.2 Å². The zero-order valence-electron chi connectivity index (χ0n) is 11.0. The zero-order valence-corrected chi connectivity index (χ0v) is 12.6. The van der Waals surface area contributed by atoms with Gasteiger partial charge in [0.15, 0.2) is 0 Å². The molecule has 1 heterocycles. The van der Waals surface area contributed by atoms with E-state index >= 15 is 0 Å². The van der Waals surface area contributed by atoms with Gasteiger partial charge in [0, 0.05) is 10.9 Å². The number of piperidine rings is 1. The van der Waals surface area contributed by atoms with E-state index < -0.39 is 0 Å². The Hall–Kier alpha value is -0.770. The fourth-order valence-corrected chi connectivity index (χ4v) is 2.47. The summed E-state index contributed by atoms with van der Waals surface area (Å²) in [5.41, 5.74) is 1.05. The van der Waals surface area contributed by atoms with Crippen LogP contribution >= 0.6 is 24.0 Å². The van der Waals surface area contributed by atoms with Crippen molar-refractivity contribution in [2.45, 2.75) is 25.8 Å². The van der Waals surface area contributed by atoms with Crippen LogP contribution in [0.5, 0.6) is 0 Å². The number of carbonyl (C=O) groups is 1. The van der Waals surface area contributed by atoms with Crippen molar-refractivity contribution in [1.29, 1.82) is 0 Å². The predicted molar refractivity (Wildman–Crippen MR) is 80.9 cm³/mol. The Bertz CT molecular complexity index is 420. The fraction of sp³-hybridized carbons (Fsp3) is 0.500. The van der Waals surface area contributed by atoms with Gasteiger partial charge in [-0.1, -0.05) is 23.7 Å². The van der Waals surface area contributed by atoms with Crippen LogP contribution in [0.3, 0.4) is 0 Å². The molecule has 0 aromatic heterocycles. The quantitative estimate of drug-likeness (QED) is 0.901. The first-order chi connectivity index (χ1) is 8.66. The molecular weight excluding hydrogens is 283 g/mol. The molecule has 1 atom stereocenters. The van der Waals surface area contributed by atoms with Gasteiger partial charge in [0.05, 0.1) is 6.04 Å². The van der Waals surface area contributed by atoms with Crippen molar-refractivity contribution in [3.8, 4) is 0 Å². The monoisotopic (exact) mass is 302 g/mol. The number of hydrogen-bond acceptors (Lipinski definition) is 2. The topological polar surface area (TPSA) is 41.1 Å². The van der Waals surface area contributed by atoms with Gasteiger partial charge in [-0.25, -0.2) is 0 Å². The van der Waals surface area contributed by atoms with Crippen molar-refractivity contribution in [2.75, 3.05) is 13.1 Å². The summed E-state index contributed by atoms with van der Waals surface area (Å²) >= 11 is 5.95. The highest BCUT2D eigenvalue weighted by Gasteiger charge is 2.22. The minimum atomic E-state index is 0. The highest BCUT2D eigenvalue weighted by molar-refractivity contribution is 6.30. The first-order valence-electron chi connectivity index (χ1n) is 6.43. The van der Waals surface area contributed by atoms with Crippen LogP contribution in [-0.4, -0.2) is 19.0 Å². The molecule has 2 N–H and O–H groups in total. The van der Waals surface area contributed by atoms with Crippen LogP contribution < -0.4 is 10.6 Å². The Kier molecular flexibility index (Phi) is 6.63. The van der Waals surface area contributed by atoms with E-state index in [9.17, 15) is 4.79 Å². The van der Waals surface area contributed by atoms with Crippen molar-refractivity contribution < 1.29 is 4.79 Å². The molecule has 0 spiro atoms. The molecule has 106 valence electrons. The van der Waals surface area contributed by atoms with Gasteiger partial charge in [0.2, 0.25) is 5.91 Å². The summed E-state index contributed by atoms with van der Waals surface area (Å²) in [5.74, 6) is 0.303. The van der Waals surface area contributed by atoms with Crippen LogP contribution in [0.1, 0.15) is 31.4 Å². The standard InChI is InChI=1S/C14H19ClN2O.ClH/c1-10(12-3-2-4-13(15)9-12)17-14(18)11-5-7-16-8-6-11;/h2-4,9-11,16H,5-8H2,1H3,(H,17,18);1H/t10-;/m1./s1. The van der Waals surface area contributed by atoms with Crippen molar-refractivity contribution >= 4 is 29.9 Å².